The summed E-state index contributed by atoms with van der Waals surface area (Å²) in [5, 5.41) is 3.46. The number of likely N-dealkylation sites (tertiary alicyclic amines) is 1. The van der Waals surface area contributed by atoms with Gasteiger partial charge in [-0.25, -0.2) is 9.97 Å². The smallest absolute Gasteiger partial charge is 0.223 e. The molecule has 0 spiro atoms. The van der Waals surface area contributed by atoms with E-state index in [2.05, 4.69) is 27.1 Å². The molecule has 0 bridgehead atoms. The van der Waals surface area contributed by atoms with Gasteiger partial charge in [0.05, 0.1) is 0 Å². The lowest BCUT2D eigenvalue weighted by molar-refractivity contribution is 0.257. The zero-order chi connectivity index (χ0) is 11.8. The molecular formula is C13H20N4. The third-order valence-corrected chi connectivity index (χ3v) is 3.77. The molecule has 1 saturated carbocycles. The summed E-state index contributed by atoms with van der Waals surface area (Å²) in [5.41, 5.74) is 1.02. The Labute approximate surface area is 102 Å². The highest BCUT2D eigenvalue weighted by Gasteiger charge is 2.38. The first-order valence-corrected chi connectivity index (χ1v) is 6.54. The van der Waals surface area contributed by atoms with Gasteiger partial charge in [-0.3, -0.25) is 4.90 Å². The van der Waals surface area contributed by atoms with E-state index in [0.29, 0.717) is 12.1 Å². The summed E-state index contributed by atoms with van der Waals surface area (Å²) >= 11 is 0. The van der Waals surface area contributed by atoms with Crippen molar-refractivity contribution < 1.29 is 0 Å². The van der Waals surface area contributed by atoms with E-state index in [-0.39, 0.29) is 0 Å². The molecule has 1 aliphatic carbocycles. The van der Waals surface area contributed by atoms with Crippen molar-refractivity contribution in [1.29, 1.82) is 0 Å². The van der Waals surface area contributed by atoms with E-state index >= 15 is 0 Å². The van der Waals surface area contributed by atoms with Crippen LogP contribution in [0.4, 0.5) is 5.95 Å². The van der Waals surface area contributed by atoms with Crippen LogP contribution in [0.25, 0.3) is 0 Å². The van der Waals surface area contributed by atoms with Crippen molar-refractivity contribution in [2.24, 2.45) is 0 Å². The van der Waals surface area contributed by atoms with Crippen LogP contribution in [0.2, 0.25) is 0 Å². The van der Waals surface area contributed by atoms with Crippen molar-refractivity contribution >= 4 is 5.95 Å². The summed E-state index contributed by atoms with van der Waals surface area (Å²) in [5.74, 6) is 0.778. The maximum Gasteiger partial charge on any atom is 0.223 e. The van der Waals surface area contributed by atoms with Gasteiger partial charge in [0, 0.05) is 36.6 Å². The van der Waals surface area contributed by atoms with Gasteiger partial charge in [0.1, 0.15) is 0 Å². The van der Waals surface area contributed by atoms with Crippen LogP contribution >= 0.6 is 0 Å². The maximum absolute atomic E-state index is 4.41. The van der Waals surface area contributed by atoms with Gasteiger partial charge in [-0.1, -0.05) is 0 Å². The minimum Gasteiger partial charge on any atom is -0.350 e. The maximum atomic E-state index is 4.41. The van der Waals surface area contributed by atoms with Gasteiger partial charge in [-0.2, -0.15) is 0 Å². The number of hydrogen-bond donors (Lipinski definition) is 1. The quantitative estimate of drug-likeness (QED) is 0.863. The lowest BCUT2D eigenvalue weighted by Crippen LogP contribution is -2.31. The first-order valence-electron chi connectivity index (χ1n) is 6.54. The van der Waals surface area contributed by atoms with Crippen molar-refractivity contribution in [2.45, 2.75) is 51.2 Å². The molecule has 2 heterocycles. The molecule has 2 fully saturated rings. The number of nitrogens with one attached hydrogen (secondary N) is 1. The molecule has 2 aliphatic rings. The summed E-state index contributed by atoms with van der Waals surface area (Å²) < 4.78 is 0. The Morgan fingerprint density at radius 3 is 2.94 bits per heavy atom. The molecule has 1 saturated heterocycles. The second-order valence-electron chi connectivity index (χ2n) is 5.38. The van der Waals surface area contributed by atoms with E-state index < -0.39 is 0 Å². The van der Waals surface area contributed by atoms with E-state index in [0.717, 1.165) is 24.2 Å². The van der Waals surface area contributed by atoms with Crippen LogP contribution in [0.1, 0.15) is 31.9 Å². The van der Waals surface area contributed by atoms with Gasteiger partial charge >= 0.3 is 0 Å². The van der Waals surface area contributed by atoms with Crippen LogP contribution in [0, 0.1) is 6.92 Å². The third-order valence-electron chi connectivity index (χ3n) is 3.77. The fraction of sp³-hybridized carbons (Fsp3) is 0.692. The number of aromatic nitrogens is 2. The Morgan fingerprint density at radius 2 is 2.24 bits per heavy atom. The molecule has 17 heavy (non-hydrogen) atoms. The Hall–Kier alpha value is -1.16. The number of rotatable bonds is 3. The number of aryl methyl sites for hydroxylation is 1. The fourth-order valence-electron chi connectivity index (χ4n) is 2.78. The minimum atomic E-state index is 0.507. The molecule has 0 aromatic carbocycles. The van der Waals surface area contributed by atoms with Gasteiger partial charge in [0.15, 0.2) is 0 Å². The number of anilines is 1. The minimum absolute atomic E-state index is 0.507. The normalized spacial score (nSPS) is 29.5. The Kier molecular flexibility index (Phi) is 2.74. The average molecular weight is 232 g/mol. The summed E-state index contributed by atoms with van der Waals surface area (Å²) in [6.07, 6.45) is 5.80. The van der Waals surface area contributed by atoms with Crippen LogP contribution in [0.15, 0.2) is 12.3 Å². The van der Waals surface area contributed by atoms with Crippen molar-refractivity contribution in [3.8, 4) is 0 Å². The highest BCUT2D eigenvalue weighted by Crippen LogP contribution is 2.33. The molecule has 1 aromatic rings. The molecule has 2 atom stereocenters. The van der Waals surface area contributed by atoms with Gasteiger partial charge in [0.25, 0.3) is 0 Å². The molecule has 0 amide bonds. The SMILES string of the molecule is Cc1ccnc(NC2CC(C)N(C3CC3)C2)n1. The lowest BCUT2D eigenvalue weighted by atomic mass is 10.2. The van der Waals surface area contributed by atoms with Crippen molar-refractivity contribution in [2.75, 3.05) is 11.9 Å². The van der Waals surface area contributed by atoms with Crippen molar-refractivity contribution in [3.05, 3.63) is 18.0 Å². The van der Waals surface area contributed by atoms with Crippen LogP contribution in [0.5, 0.6) is 0 Å². The second-order valence-corrected chi connectivity index (χ2v) is 5.38. The summed E-state index contributed by atoms with van der Waals surface area (Å²) in [6, 6.07) is 3.99. The van der Waals surface area contributed by atoms with Crippen LogP contribution in [-0.2, 0) is 0 Å². The Balaban J connectivity index is 1.63. The van der Waals surface area contributed by atoms with Gasteiger partial charge < -0.3 is 5.32 Å². The third kappa shape index (κ3) is 2.41. The average Bonchev–Trinajstić information content (AvgIpc) is 3.04. The first-order chi connectivity index (χ1) is 8.22. The predicted octanol–water partition coefficient (Wildman–Crippen LogP) is 1.82. The Bertz CT molecular complexity index is 402. The van der Waals surface area contributed by atoms with Crippen LogP contribution < -0.4 is 5.32 Å². The molecule has 1 aromatic heterocycles. The highest BCUT2D eigenvalue weighted by atomic mass is 15.3. The first kappa shape index (κ1) is 11.0. The molecule has 4 heteroatoms. The molecule has 92 valence electrons. The van der Waals surface area contributed by atoms with E-state index in [1.807, 2.05) is 19.2 Å². The molecular weight excluding hydrogens is 212 g/mol. The number of nitrogens with zero attached hydrogens (tertiary/aromatic N) is 3. The lowest BCUT2D eigenvalue weighted by Gasteiger charge is -2.19. The number of hydrogen-bond acceptors (Lipinski definition) is 4. The molecule has 2 unspecified atom stereocenters. The monoisotopic (exact) mass is 232 g/mol. The summed E-state index contributed by atoms with van der Waals surface area (Å²) in [7, 11) is 0. The second kappa shape index (κ2) is 4.26. The largest absolute Gasteiger partial charge is 0.350 e. The molecule has 1 N–H and O–H groups in total. The molecule has 1 aliphatic heterocycles. The highest BCUT2D eigenvalue weighted by molar-refractivity contribution is 5.27. The topological polar surface area (TPSA) is 41.1 Å². The summed E-state index contributed by atoms with van der Waals surface area (Å²) in [6.45, 7) is 5.47. The fourth-order valence-corrected chi connectivity index (χ4v) is 2.78. The molecule has 4 nitrogen and oxygen atoms in total. The summed E-state index contributed by atoms with van der Waals surface area (Å²) in [4.78, 5) is 11.3. The predicted molar refractivity (Wildman–Crippen MR) is 68.0 cm³/mol. The van der Waals surface area contributed by atoms with Gasteiger partial charge in [0.2, 0.25) is 5.95 Å². The van der Waals surface area contributed by atoms with Gasteiger partial charge in [-0.05, 0) is 39.2 Å². The van der Waals surface area contributed by atoms with Crippen molar-refractivity contribution in [1.82, 2.24) is 14.9 Å². The van der Waals surface area contributed by atoms with Crippen LogP contribution in [0.3, 0.4) is 0 Å². The van der Waals surface area contributed by atoms with Gasteiger partial charge in [-0.15, -0.1) is 0 Å². The van der Waals surface area contributed by atoms with E-state index in [1.54, 1.807) is 0 Å². The van der Waals surface area contributed by atoms with Crippen LogP contribution in [-0.4, -0.2) is 39.5 Å². The molecule has 0 radical (unpaired) electrons. The van der Waals surface area contributed by atoms with E-state index in [4.69, 9.17) is 0 Å². The van der Waals surface area contributed by atoms with E-state index in [9.17, 15) is 0 Å². The van der Waals surface area contributed by atoms with E-state index in [1.165, 1.54) is 19.3 Å². The standard InChI is InChI=1S/C13H20N4/c1-9-5-6-14-13(15-9)16-11-7-10(2)17(8-11)12-3-4-12/h5-6,10-12H,3-4,7-8H2,1-2H3,(H,14,15,16). The molecule has 3 rings (SSSR count). The zero-order valence-corrected chi connectivity index (χ0v) is 10.6. The Morgan fingerprint density at radius 1 is 1.41 bits per heavy atom. The zero-order valence-electron chi connectivity index (χ0n) is 10.6. The van der Waals surface area contributed by atoms with Crippen molar-refractivity contribution in [3.63, 3.8) is 0 Å².